The first-order valence-corrected chi connectivity index (χ1v) is 21.8. The molecule has 0 bridgehead atoms. The van der Waals surface area contributed by atoms with Crippen LogP contribution in [-0.4, -0.2) is 44.0 Å². The zero-order valence-corrected chi connectivity index (χ0v) is 35.3. The van der Waals surface area contributed by atoms with E-state index in [0.29, 0.717) is 12.8 Å². The van der Waals surface area contributed by atoms with Crippen molar-refractivity contribution < 1.29 is 56.3 Å². The third-order valence-corrected chi connectivity index (χ3v) is 9.83. The summed E-state index contributed by atoms with van der Waals surface area (Å²) in [5.41, 5.74) is 0. The van der Waals surface area contributed by atoms with Gasteiger partial charge < -0.3 is 15.2 Å². The van der Waals surface area contributed by atoms with Crippen LogP contribution in [0.15, 0.2) is 0 Å². The van der Waals surface area contributed by atoms with E-state index in [-0.39, 0.29) is 54.5 Å². The van der Waals surface area contributed by atoms with Crippen LogP contribution in [0.1, 0.15) is 219 Å². The Labute approximate surface area is 325 Å². The molecule has 0 rings (SSSR count). The summed E-state index contributed by atoms with van der Waals surface area (Å²) in [6.07, 6.45) is 37.2. The largest absolute Gasteiger partial charge is 1.00 e. The van der Waals surface area contributed by atoms with Crippen LogP contribution in [0.2, 0.25) is 0 Å². The molecule has 2 amide bonds. The molecule has 0 aromatic heterocycles. The van der Waals surface area contributed by atoms with Crippen LogP contribution in [0, 0.1) is 0 Å². The maximum atomic E-state index is 12.3. The van der Waals surface area contributed by atoms with Gasteiger partial charge in [0.25, 0.3) is 0 Å². The molecule has 0 aliphatic heterocycles. The first kappa shape index (κ1) is 50.9. The molecule has 0 atom stereocenters. The van der Waals surface area contributed by atoms with E-state index < -0.39 is 16.5 Å². The van der Waals surface area contributed by atoms with E-state index in [1.54, 1.807) is 0 Å². The van der Waals surface area contributed by atoms with Gasteiger partial charge in [-0.25, -0.2) is 8.42 Å². The molecule has 0 radical (unpaired) electrons. The molecule has 0 spiro atoms. The molecular weight excluding hydrogens is 647 g/mol. The van der Waals surface area contributed by atoms with Gasteiger partial charge in [0.1, 0.15) is 6.10 Å². The van der Waals surface area contributed by atoms with Crippen molar-refractivity contribution in [2.45, 2.75) is 225 Å². The molecule has 286 valence electrons. The zero-order chi connectivity index (χ0) is 35.4. The molecule has 0 saturated heterocycles. The molecule has 0 aromatic rings. The van der Waals surface area contributed by atoms with Gasteiger partial charge in [-0.3, -0.25) is 13.8 Å². The number of hydrogen-bond acceptors (Lipinski definition) is 6. The minimum absolute atomic E-state index is 0. The molecule has 0 aliphatic rings. The van der Waals surface area contributed by atoms with Crippen LogP contribution in [0.3, 0.4) is 0 Å². The molecular formula is C39H77N2NaO6S. The van der Waals surface area contributed by atoms with Crippen molar-refractivity contribution in [1.29, 1.82) is 0 Å². The smallest absolute Gasteiger partial charge is 0.726 e. The van der Waals surface area contributed by atoms with Crippen molar-refractivity contribution in [1.82, 2.24) is 10.6 Å². The predicted molar refractivity (Wildman–Crippen MR) is 200 cm³/mol. The minimum Gasteiger partial charge on any atom is -0.726 e. The quantitative estimate of drug-likeness (QED) is 0.0293. The van der Waals surface area contributed by atoms with Gasteiger partial charge in [0.15, 0.2) is 0 Å². The number of carbonyl (C=O) groups excluding carboxylic acids is 2. The number of nitrogens with one attached hydrogen (secondary N) is 2. The van der Waals surface area contributed by atoms with E-state index in [1.807, 2.05) is 0 Å². The van der Waals surface area contributed by atoms with E-state index in [4.69, 9.17) is 0 Å². The Morgan fingerprint density at radius 2 is 0.694 bits per heavy atom. The molecule has 0 unspecified atom stereocenters. The van der Waals surface area contributed by atoms with E-state index in [9.17, 15) is 22.6 Å². The van der Waals surface area contributed by atoms with Gasteiger partial charge in [-0.15, -0.1) is 0 Å². The average Bonchev–Trinajstić information content (AvgIpc) is 3.05. The second-order valence-corrected chi connectivity index (χ2v) is 15.1. The zero-order valence-electron chi connectivity index (χ0n) is 32.5. The maximum absolute atomic E-state index is 12.3. The Hall–Kier alpha value is -0.190. The summed E-state index contributed by atoms with van der Waals surface area (Å²) in [5, 5.41) is 5.32. The number of carbonyl (C=O) groups is 2. The monoisotopic (exact) mass is 725 g/mol. The number of unbranched alkanes of at least 4 members (excludes halogenated alkanes) is 28. The molecule has 2 N–H and O–H groups in total. The number of rotatable bonds is 38. The summed E-state index contributed by atoms with van der Waals surface area (Å²) in [4.78, 5) is 24.5. The third-order valence-electron chi connectivity index (χ3n) is 9.32. The summed E-state index contributed by atoms with van der Waals surface area (Å²) < 4.78 is 38.1. The molecule has 0 aliphatic carbocycles. The molecule has 8 nitrogen and oxygen atoms in total. The van der Waals surface area contributed by atoms with Crippen LogP contribution in [0.25, 0.3) is 0 Å². The molecule has 49 heavy (non-hydrogen) atoms. The van der Waals surface area contributed by atoms with Crippen molar-refractivity contribution >= 4 is 22.2 Å². The summed E-state index contributed by atoms with van der Waals surface area (Å²) in [7, 11) is -4.96. The summed E-state index contributed by atoms with van der Waals surface area (Å²) in [6, 6.07) is 0. The molecule has 0 heterocycles. The Bertz CT molecular complexity index is 780. The Morgan fingerprint density at radius 3 is 0.918 bits per heavy atom. The molecule has 0 fully saturated rings. The molecule has 0 saturated carbocycles. The minimum atomic E-state index is -4.96. The van der Waals surface area contributed by atoms with Crippen LogP contribution in [-0.2, 0) is 24.2 Å². The number of hydrogen-bond donors (Lipinski definition) is 2. The Kier molecular flexibility index (Phi) is 40.6. The van der Waals surface area contributed by atoms with Crippen LogP contribution in [0.4, 0.5) is 0 Å². The van der Waals surface area contributed by atoms with Gasteiger partial charge in [-0.2, -0.15) is 0 Å². The second-order valence-electron chi connectivity index (χ2n) is 14.1. The van der Waals surface area contributed by atoms with E-state index in [0.717, 1.165) is 38.5 Å². The first-order chi connectivity index (χ1) is 23.3. The fourth-order valence-corrected chi connectivity index (χ4v) is 6.72. The van der Waals surface area contributed by atoms with E-state index >= 15 is 0 Å². The summed E-state index contributed by atoms with van der Waals surface area (Å²) in [6.45, 7) is 4.23. The number of amides is 2. The van der Waals surface area contributed by atoms with Gasteiger partial charge in [0.05, 0.1) is 0 Å². The molecule has 0 aromatic carbocycles. The normalized spacial score (nSPS) is 11.5. The average molecular weight is 725 g/mol. The van der Waals surface area contributed by atoms with Gasteiger partial charge in [-0.1, -0.05) is 194 Å². The van der Waals surface area contributed by atoms with Crippen LogP contribution >= 0.6 is 0 Å². The van der Waals surface area contributed by atoms with Gasteiger partial charge in [-0.05, 0) is 12.8 Å². The third kappa shape index (κ3) is 42.1. The predicted octanol–water partition coefficient (Wildman–Crippen LogP) is 7.59. The Morgan fingerprint density at radius 1 is 0.469 bits per heavy atom. The van der Waals surface area contributed by atoms with Crippen molar-refractivity contribution in [3.8, 4) is 0 Å². The van der Waals surface area contributed by atoms with Crippen molar-refractivity contribution in [3.05, 3.63) is 0 Å². The Balaban J connectivity index is 0. The van der Waals surface area contributed by atoms with Crippen molar-refractivity contribution in [3.63, 3.8) is 0 Å². The van der Waals surface area contributed by atoms with Gasteiger partial charge >= 0.3 is 29.6 Å². The topological polar surface area (TPSA) is 125 Å². The van der Waals surface area contributed by atoms with Crippen molar-refractivity contribution in [2.75, 3.05) is 13.1 Å². The van der Waals surface area contributed by atoms with Gasteiger partial charge in [0.2, 0.25) is 22.2 Å². The molecule has 10 heteroatoms. The standard InChI is InChI=1S/C39H78N2O6S.Na/c1-3-5-7-9-11-13-15-17-19-21-23-25-27-29-31-33-38(42)40-35-37(47-48(44,45)46)36-41-39(43)34-32-30-28-26-24-22-20-18-16-14-12-10-8-6-4-2;/h37H,3-36H2,1-2H3,(H,40,42)(H,41,43)(H,44,45,46);/q;+1/p-1. The van der Waals surface area contributed by atoms with Crippen molar-refractivity contribution in [2.24, 2.45) is 0 Å². The van der Waals surface area contributed by atoms with E-state index in [1.165, 1.54) is 154 Å². The van der Waals surface area contributed by atoms with Crippen LogP contribution < -0.4 is 40.2 Å². The summed E-state index contributed by atoms with van der Waals surface area (Å²) >= 11 is 0. The second kappa shape index (κ2) is 39.0. The van der Waals surface area contributed by atoms with E-state index in [2.05, 4.69) is 28.7 Å². The van der Waals surface area contributed by atoms with Gasteiger partial charge in [0, 0.05) is 25.9 Å². The fraction of sp³-hybridized carbons (Fsp3) is 0.949. The fourth-order valence-electron chi connectivity index (χ4n) is 6.25. The SMILES string of the molecule is CCCCCCCCCCCCCCCCCC(=O)NCC(CNC(=O)CCCCCCCCCCCCCCCCC)OS(=O)(=O)[O-].[Na+]. The first-order valence-electron chi connectivity index (χ1n) is 20.5. The summed E-state index contributed by atoms with van der Waals surface area (Å²) in [5.74, 6) is -0.406. The van der Waals surface area contributed by atoms with Crippen LogP contribution in [0.5, 0.6) is 0 Å². The maximum Gasteiger partial charge on any atom is 1.00 e.